The van der Waals surface area contributed by atoms with E-state index in [4.69, 9.17) is 9.88 Å². The normalized spacial score (nSPS) is 12.0. The third kappa shape index (κ3) is 12.5. The second-order valence-electron chi connectivity index (χ2n) is 7.10. The van der Waals surface area contributed by atoms with Crippen molar-refractivity contribution in [2.45, 2.75) is 51.2 Å². The molecule has 0 fully saturated rings. The summed E-state index contributed by atoms with van der Waals surface area (Å²) in [6.45, 7) is 9.43. The van der Waals surface area contributed by atoms with Gasteiger partial charge in [-0.1, -0.05) is 12.1 Å². The van der Waals surface area contributed by atoms with Gasteiger partial charge in [0.2, 0.25) is 10.0 Å². The minimum atomic E-state index is -3.74. The summed E-state index contributed by atoms with van der Waals surface area (Å²) in [5, 5.41) is 14.1. The number of sulfonamides is 1. The maximum atomic E-state index is 11.6. The van der Waals surface area contributed by atoms with Gasteiger partial charge in [-0.25, -0.2) is 23.3 Å². The van der Waals surface area contributed by atoms with Gasteiger partial charge in [0.15, 0.2) is 5.96 Å². The number of guanidine groups is 1. The third-order valence-corrected chi connectivity index (χ3v) is 4.22. The van der Waals surface area contributed by atoms with Gasteiger partial charge < -0.3 is 20.7 Å². The van der Waals surface area contributed by atoms with Crippen LogP contribution in [0.25, 0.3) is 0 Å². The molecule has 0 aromatic heterocycles. The zero-order chi connectivity index (χ0) is 21.2. The van der Waals surface area contributed by atoms with Crippen molar-refractivity contribution in [3.05, 3.63) is 29.8 Å². The summed E-state index contributed by atoms with van der Waals surface area (Å²) in [5.74, 6) is 0.598. The van der Waals surface area contributed by atoms with Crippen LogP contribution in [0.2, 0.25) is 0 Å². The average Bonchev–Trinajstić information content (AvgIpc) is 2.57. The van der Waals surface area contributed by atoms with Crippen LogP contribution >= 0.6 is 24.0 Å². The largest absolute Gasteiger partial charge is 0.444 e. The summed E-state index contributed by atoms with van der Waals surface area (Å²) < 4.78 is 28.0. The fourth-order valence-electron chi connectivity index (χ4n) is 2.13. The number of nitrogens with one attached hydrogen (secondary N) is 3. The first kappa shape index (κ1) is 27.4. The van der Waals surface area contributed by atoms with Crippen molar-refractivity contribution in [3.8, 4) is 0 Å². The Morgan fingerprint density at radius 1 is 1.17 bits per heavy atom. The number of rotatable bonds is 8. The first-order valence-corrected chi connectivity index (χ1v) is 10.7. The molecule has 0 aliphatic carbocycles. The van der Waals surface area contributed by atoms with Gasteiger partial charge in [-0.15, -0.1) is 24.0 Å². The van der Waals surface area contributed by atoms with Gasteiger partial charge in [0, 0.05) is 19.6 Å². The van der Waals surface area contributed by atoms with Crippen LogP contribution in [0.1, 0.15) is 39.7 Å². The SMILES string of the molecule is CCNC(=NCc1cccc(S(N)(=O)=O)c1)NCCCNC(=O)OC(C)(C)C.I. The van der Waals surface area contributed by atoms with E-state index in [1.54, 1.807) is 12.1 Å². The van der Waals surface area contributed by atoms with E-state index in [9.17, 15) is 13.2 Å². The summed E-state index contributed by atoms with van der Waals surface area (Å²) in [4.78, 5) is 16.1. The van der Waals surface area contributed by atoms with E-state index < -0.39 is 21.7 Å². The van der Waals surface area contributed by atoms with Crippen molar-refractivity contribution in [1.82, 2.24) is 16.0 Å². The number of benzene rings is 1. The maximum Gasteiger partial charge on any atom is 0.407 e. The molecule has 0 radical (unpaired) electrons. The number of hydrogen-bond donors (Lipinski definition) is 4. The Kier molecular flexibility index (Phi) is 12.1. The second-order valence-corrected chi connectivity index (χ2v) is 8.66. The number of halogens is 1. The van der Waals surface area contributed by atoms with Crippen LogP contribution in [0.5, 0.6) is 0 Å². The predicted molar refractivity (Wildman–Crippen MR) is 125 cm³/mol. The molecule has 166 valence electrons. The van der Waals surface area contributed by atoms with Gasteiger partial charge >= 0.3 is 6.09 Å². The van der Waals surface area contributed by atoms with Crippen LogP contribution in [-0.2, 0) is 21.3 Å². The molecule has 11 heteroatoms. The Morgan fingerprint density at radius 3 is 2.41 bits per heavy atom. The topological polar surface area (TPSA) is 135 Å². The summed E-state index contributed by atoms with van der Waals surface area (Å²) >= 11 is 0. The molecule has 1 aromatic carbocycles. The lowest BCUT2D eigenvalue weighted by atomic mass is 10.2. The molecular formula is C18H32IN5O4S. The van der Waals surface area contributed by atoms with Gasteiger partial charge in [-0.2, -0.15) is 0 Å². The Balaban J connectivity index is 0.00000784. The molecule has 0 saturated heterocycles. The van der Waals surface area contributed by atoms with Gasteiger partial charge in [0.1, 0.15) is 5.60 Å². The fourth-order valence-corrected chi connectivity index (χ4v) is 2.72. The number of ether oxygens (including phenoxy) is 1. The highest BCUT2D eigenvalue weighted by atomic mass is 127. The van der Waals surface area contributed by atoms with Crippen LogP contribution in [0.15, 0.2) is 34.2 Å². The summed E-state index contributed by atoms with van der Waals surface area (Å²) in [7, 11) is -3.74. The molecule has 0 heterocycles. The zero-order valence-corrected chi connectivity index (χ0v) is 20.5. The molecule has 0 saturated carbocycles. The van der Waals surface area contributed by atoms with Gasteiger partial charge in [0.05, 0.1) is 11.4 Å². The van der Waals surface area contributed by atoms with Crippen LogP contribution in [-0.4, -0.2) is 45.7 Å². The zero-order valence-electron chi connectivity index (χ0n) is 17.3. The minimum absolute atomic E-state index is 0. The Morgan fingerprint density at radius 2 is 1.83 bits per heavy atom. The van der Waals surface area contributed by atoms with E-state index in [1.165, 1.54) is 12.1 Å². The quantitative estimate of drug-likeness (QED) is 0.172. The number of carbonyl (C=O) groups excluding carboxylic acids is 1. The Labute approximate surface area is 190 Å². The molecule has 1 amide bonds. The number of aliphatic imine (C=N–C) groups is 1. The van der Waals surface area contributed by atoms with Crippen LogP contribution in [0.4, 0.5) is 4.79 Å². The number of carbonyl (C=O) groups is 1. The van der Waals surface area contributed by atoms with E-state index >= 15 is 0 Å². The van der Waals surface area contributed by atoms with Gasteiger partial charge in [-0.3, -0.25) is 0 Å². The van der Waals surface area contributed by atoms with Crippen molar-refractivity contribution in [1.29, 1.82) is 0 Å². The number of nitrogens with zero attached hydrogens (tertiary/aromatic N) is 1. The van der Waals surface area contributed by atoms with Crippen LogP contribution in [0.3, 0.4) is 0 Å². The molecule has 0 aliphatic heterocycles. The Bertz CT molecular complexity index is 779. The highest BCUT2D eigenvalue weighted by molar-refractivity contribution is 14.0. The summed E-state index contributed by atoms with van der Waals surface area (Å²) in [5.41, 5.74) is 0.212. The van der Waals surface area contributed by atoms with Gasteiger partial charge in [0.25, 0.3) is 0 Å². The number of alkyl carbamates (subject to hydrolysis) is 1. The molecular weight excluding hydrogens is 509 g/mol. The molecule has 0 unspecified atom stereocenters. The van der Waals surface area contributed by atoms with Crippen molar-refractivity contribution in [2.24, 2.45) is 10.1 Å². The van der Waals surface area contributed by atoms with E-state index in [0.29, 0.717) is 38.6 Å². The van der Waals surface area contributed by atoms with E-state index in [0.717, 1.165) is 5.56 Å². The molecule has 9 nitrogen and oxygen atoms in total. The predicted octanol–water partition coefficient (Wildman–Crippen LogP) is 1.92. The van der Waals surface area contributed by atoms with Crippen LogP contribution in [0, 0.1) is 0 Å². The molecule has 1 rings (SSSR count). The maximum absolute atomic E-state index is 11.6. The van der Waals surface area contributed by atoms with E-state index in [1.807, 2.05) is 27.7 Å². The number of nitrogens with two attached hydrogens (primary N) is 1. The van der Waals surface area contributed by atoms with E-state index in [2.05, 4.69) is 20.9 Å². The molecule has 5 N–H and O–H groups in total. The highest BCUT2D eigenvalue weighted by Gasteiger charge is 2.15. The molecule has 29 heavy (non-hydrogen) atoms. The second kappa shape index (κ2) is 12.9. The van der Waals surface area contributed by atoms with Crippen molar-refractivity contribution in [2.75, 3.05) is 19.6 Å². The molecule has 0 atom stereocenters. The number of amides is 1. The van der Waals surface area contributed by atoms with Crippen molar-refractivity contribution >= 4 is 46.1 Å². The van der Waals surface area contributed by atoms with Crippen LogP contribution < -0.4 is 21.1 Å². The molecule has 1 aromatic rings. The molecule has 0 spiro atoms. The lowest BCUT2D eigenvalue weighted by Crippen LogP contribution is -2.39. The first-order chi connectivity index (χ1) is 13.0. The van der Waals surface area contributed by atoms with Gasteiger partial charge in [-0.05, 0) is 51.8 Å². The van der Waals surface area contributed by atoms with Crippen molar-refractivity contribution < 1.29 is 17.9 Å². The third-order valence-electron chi connectivity index (χ3n) is 3.31. The first-order valence-electron chi connectivity index (χ1n) is 9.12. The lowest BCUT2D eigenvalue weighted by molar-refractivity contribution is 0.0527. The van der Waals surface area contributed by atoms with Crippen molar-refractivity contribution in [3.63, 3.8) is 0 Å². The molecule has 0 bridgehead atoms. The lowest BCUT2D eigenvalue weighted by Gasteiger charge is -2.19. The number of primary sulfonamides is 1. The standard InChI is InChI=1S/C18H31N5O4S.HI/c1-5-20-16(21-10-7-11-22-17(24)27-18(2,3)4)23-13-14-8-6-9-15(12-14)28(19,25)26;/h6,8-9,12H,5,7,10-11,13H2,1-4H3,(H,22,24)(H2,19,25,26)(H2,20,21,23);1H. The summed E-state index contributed by atoms with van der Waals surface area (Å²) in [6.07, 6.45) is 0.243. The highest BCUT2D eigenvalue weighted by Crippen LogP contribution is 2.10. The Hall–Kier alpha value is -1.60. The molecule has 0 aliphatic rings. The number of hydrogen-bond acceptors (Lipinski definition) is 5. The summed E-state index contributed by atoms with van der Waals surface area (Å²) in [6, 6.07) is 6.37. The minimum Gasteiger partial charge on any atom is -0.444 e. The average molecular weight is 541 g/mol. The van der Waals surface area contributed by atoms with E-state index in [-0.39, 0.29) is 28.9 Å². The monoisotopic (exact) mass is 541 g/mol. The fraction of sp³-hybridized carbons (Fsp3) is 0.556. The smallest absolute Gasteiger partial charge is 0.407 e.